The molecule has 5 heteroatoms. The standard InChI is InChI=1S/C13H11ClN2O2/c1-2-18-13(17)9-7-11(16-12(14)8-9)10-5-3-4-6-15-10/h3-8H,2H2,1H3. The Hall–Kier alpha value is -1.94. The summed E-state index contributed by atoms with van der Waals surface area (Å²) in [5, 5.41) is 0.237. The van der Waals surface area contributed by atoms with Crippen LogP contribution in [0.25, 0.3) is 11.4 Å². The van der Waals surface area contributed by atoms with E-state index in [-0.39, 0.29) is 5.15 Å². The number of pyridine rings is 2. The Labute approximate surface area is 110 Å². The van der Waals surface area contributed by atoms with Crippen molar-refractivity contribution in [3.8, 4) is 11.4 Å². The van der Waals surface area contributed by atoms with Gasteiger partial charge in [0.15, 0.2) is 0 Å². The van der Waals surface area contributed by atoms with Gasteiger partial charge >= 0.3 is 5.97 Å². The zero-order valence-electron chi connectivity index (χ0n) is 9.76. The van der Waals surface area contributed by atoms with Gasteiger partial charge in [0.1, 0.15) is 5.15 Å². The normalized spacial score (nSPS) is 10.1. The van der Waals surface area contributed by atoms with Gasteiger partial charge in [0.25, 0.3) is 0 Å². The van der Waals surface area contributed by atoms with Crippen LogP contribution < -0.4 is 0 Å². The van der Waals surface area contributed by atoms with E-state index < -0.39 is 5.97 Å². The third-order valence-corrected chi connectivity index (χ3v) is 2.43. The minimum atomic E-state index is -0.418. The molecule has 0 unspecified atom stereocenters. The van der Waals surface area contributed by atoms with Crippen molar-refractivity contribution in [1.82, 2.24) is 9.97 Å². The molecule has 2 heterocycles. The summed E-state index contributed by atoms with van der Waals surface area (Å²) < 4.78 is 4.93. The molecule has 0 aromatic carbocycles. The molecule has 2 aromatic heterocycles. The number of rotatable bonds is 3. The molecule has 0 spiro atoms. The Balaban J connectivity index is 2.41. The highest BCUT2D eigenvalue weighted by molar-refractivity contribution is 6.29. The van der Waals surface area contributed by atoms with Crippen LogP contribution in [0.1, 0.15) is 17.3 Å². The van der Waals surface area contributed by atoms with Crippen LogP contribution in [0.15, 0.2) is 36.5 Å². The van der Waals surface area contributed by atoms with Crippen LogP contribution in [0, 0.1) is 0 Å². The molecule has 0 fully saturated rings. The largest absolute Gasteiger partial charge is 0.462 e. The molecule has 0 N–H and O–H groups in total. The van der Waals surface area contributed by atoms with E-state index in [1.165, 1.54) is 6.07 Å². The number of esters is 1. The molecule has 2 aromatic rings. The molecule has 0 saturated carbocycles. The summed E-state index contributed by atoms with van der Waals surface area (Å²) in [5.41, 5.74) is 1.58. The number of hydrogen-bond acceptors (Lipinski definition) is 4. The van der Waals surface area contributed by atoms with Crippen molar-refractivity contribution in [2.75, 3.05) is 6.61 Å². The van der Waals surface area contributed by atoms with E-state index in [0.29, 0.717) is 23.6 Å². The van der Waals surface area contributed by atoms with E-state index in [1.54, 1.807) is 31.3 Å². The van der Waals surface area contributed by atoms with Crippen LogP contribution in [0.4, 0.5) is 0 Å². The number of hydrogen-bond donors (Lipinski definition) is 0. The van der Waals surface area contributed by atoms with Crippen molar-refractivity contribution < 1.29 is 9.53 Å². The van der Waals surface area contributed by atoms with Crippen molar-refractivity contribution in [2.45, 2.75) is 6.92 Å². The molecule has 0 saturated heterocycles. The summed E-state index contributed by atoms with van der Waals surface area (Å²) >= 11 is 5.90. The second-order valence-corrected chi connectivity index (χ2v) is 3.89. The van der Waals surface area contributed by atoms with E-state index in [9.17, 15) is 4.79 Å². The van der Waals surface area contributed by atoms with Crippen molar-refractivity contribution in [1.29, 1.82) is 0 Å². The summed E-state index contributed by atoms with van der Waals surface area (Å²) in [4.78, 5) is 20.0. The molecular formula is C13H11ClN2O2. The predicted octanol–water partition coefficient (Wildman–Crippen LogP) is 2.97. The highest BCUT2D eigenvalue weighted by atomic mass is 35.5. The Morgan fingerprint density at radius 3 is 2.83 bits per heavy atom. The summed E-state index contributed by atoms with van der Waals surface area (Å²) in [7, 11) is 0. The van der Waals surface area contributed by atoms with Gasteiger partial charge in [-0.3, -0.25) is 4.98 Å². The fraction of sp³-hybridized carbons (Fsp3) is 0.154. The number of halogens is 1. The third-order valence-electron chi connectivity index (χ3n) is 2.23. The lowest BCUT2D eigenvalue weighted by atomic mass is 10.2. The van der Waals surface area contributed by atoms with Crippen LogP contribution in [-0.2, 0) is 4.74 Å². The van der Waals surface area contributed by atoms with Gasteiger partial charge < -0.3 is 4.74 Å². The molecule has 0 atom stereocenters. The van der Waals surface area contributed by atoms with Crippen molar-refractivity contribution in [3.05, 3.63) is 47.2 Å². The number of ether oxygens (including phenoxy) is 1. The van der Waals surface area contributed by atoms with Gasteiger partial charge in [-0.15, -0.1) is 0 Å². The van der Waals surface area contributed by atoms with Gasteiger partial charge in [0, 0.05) is 6.20 Å². The second-order valence-electron chi connectivity index (χ2n) is 3.50. The Morgan fingerprint density at radius 1 is 1.33 bits per heavy atom. The average Bonchev–Trinajstić information content (AvgIpc) is 2.39. The average molecular weight is 263 g/mol. The summed E-state index contributed by atoms with van der Waals surface area (Å²) in [6.07, 6.45) is 1.65. The first-order chi connectivity index (χ1) is 8.70. The minimum Gasteiger partial charge on any atom is -0.462 e. The molecule has 0 amide bonds. The number of aromatic nitrogens is 2. The first-order valence-electron chi connectivity index (χ1n) is 5.47. The topological polar surface area (TPSA) is 52.1 Å². The molecular weight excluding hydrogens is 252 g/mol. The molecule has 0 aliphatic carbocycles. The van der Waals surface area contributed by atoms with Gasteiger partial charge in [-0.25, -0.2) is 9.78 Å². The molecule has 18 heavy (non-hydrogen) atoms. The monoisotopic (exact) mass is 262 g/mol. The minimum absolute atomic E-state index is 0.237. The van der Waals surface area contributed by atoms with Crippen LogP contribution >= 0.6 is 11.6 Å². The highest BCUT2D eigenvalue weighted by Crippen LogP contribution is 2.19. The van der Waals surface area contributed by atoms with Crippen LogP contribution in [0.5, 0.6) is 0 Å². The number of carbonyl (C=O) groups is 1. The molecule has 0 bridgehead atoms. The quantitative estimate of drug-likeness (QED) is 0.630. The molecule has 92 valence electrons. The van der Waals surface area contributed by atoms with Gasteiger partial charge in [-0.05, 0) is 31.2 Å². The van der Waals surface area contributed by atoms with Gasteiger partial charge in [-0.2, -0.15) is 0 Å². The Morgan fingerprint density at radius 2 is 2.17 bits per heavy atom. The van der Waals surface area contributed by atoms with E-state index in [0.717, 1.165) is 0 Å². The maximum absolute atomic E-state index is 11.7. The zero-order valence-corrected chi connectivity index (χ0v) is 10.5. The first kappa shape index (κ1) is 12.5. The van der Waals surface area contributed by atoms with Crippen LogP contribution in [0.3, 0.4) is 0 Å². The molecule has 0 aliphatic rings. The molecule has 2 rings (SSSR count). The second kappa shape index (κ2) is 5.60. The van der Waals surface area contributed by atoms with Gasteiger partial charge in [0.2, 0.25) is 0 Å². The summed E-state index contributed by atoms with van der Waals surface area (Å²) in [6.45, 7) is 2.07. The zero-order chi connectivity index (χ0) is 13.0. The lowest BCUT2D eigenvalue weighted by molar-refractivity contribution is 0.0526. The number of carbonyl (C=O) groups excluding carboxylic acids is 1. The Bertz CT molecular complexity index is 558. The highest BCUT2D eigenvalue weighted by Gasteiger charge is 2.11. The van der Waals surface area contributed by atoms with Crippen molar-refractivity contribution in [2.24, 2.45) is 0 Å². The maximum atomic E-state index is 11.7. The summed E-state index contributed by atoms with van der Waals surface area (Å²) in [5.74, 6) is -0.418. The van der Waals surface area contributed by atoms with Crippen LogP contribution in [0.2, 0.25) is 5.15 Å². The fourth-order valence-corrected chi connectivity index (χ4v) is 1.68. The van der Waals surface area contributed by atoms with E-state index in [1.807, 2.05) is 6.07 Å². The SMILES string of the molecule is CCOC(=O)c1cc(Cl)nc(-c2ccccn2)c1. The first-order valence-corrected chi connectivity index (χ1v) is 5.84. The van der Waals surface area contributed by atoms with Gasteiger partial charge in [-0.1, -0.05) is 17.7 Å². The smallest absolute Gasteiger partial charge is 0.338 e. The van der Waals surface area contributed by atoms with Crippen molar-refractivity contribution >= 4 is 17.6 Å². The lowest BCUT2D eigenvalue weighted by Crippen LogP contribution is -2.05. The van der Waals surface area contributed by atoms with E-state index in [4.69, 9.17) is 16.3 Å². The van der Waals surface area contributed by atoms with Crippen LogP contribution in [-0.4, -0.2) is 22.5 Å². The van der Waals surface area contributed by atoms with Gasteiger partial charge in [0.05, 0.1) is 23.6 Å². The molecule has 0 radical (unpaired) electrons. The third kappa shape index (κ3) is 2.84. The van der Waals surface area contributed by atoms with E-state index in [2.05, 4.69) is 9.97 Å². The van der Waals surface area contributed by atoms with Crippen molar-refractivity contribution in [3.63, 3.8) is 0 Å². The predicted molar refractivity (Wildman–Crippen MR) is 68.4 cm³/mol. The number of nitrogens with zero attached hydrogens (tertiary/aromatic N) is 2. The summed E-state index contributed by atoms with van der Waals surface area (Å²) in [6, 6.07) is 8.54. The fourth-order valence-electron chi connectivity index (χ4n) is 1.47. The Kier molecular flexibility index (Phi) is 3.89. The lowest BCUT2D eigenvalue weighted by Gasteiger charge is -2.05. The molecule has 4 nitrogen and oxygen atoms in total. The maximum Gasteiger partial charge on any atom is 0.338 e. The molecule has 0 aliphatic heterocycles. The van der Waals surface area contributed by atoms with E-state index >= 15 is 0 Å².